The normalized spacial score (nSPS) is 26.9. The second-order valence-corrected chi connectivity index (χ2v) is 6.18. The molecule has 1 heterocycles. The van der Waals surface area contributed by atoms with Gasteiger partial charge in [0.25, 0.3) is 0 Å². The average Bonchev–Trinajstić information content (AvgIpc) is 2.39. The molecule has 3 nitrogen and oxygen atoms in total. The van der Waals surface area contributed by atoms with Crippen molar-refractivity contribution in [2.75, 3.05) is 18.9 Å². The maximum absolute atomic E-state index is 12.2. The SMILES string of the molecule is CC1CN(C)C(C)CC1Nc1ccc(OC(F)F)c(Cl)c1. The molecular formula is C15H21ClF2N2O. The zero-order chi connectivity index (χ0) is 15.6. The minimum atomic E-state index is -2.86. The van der Waals surface area contributed by atoms with Crippen molar-refractivity contribution in [1.82, 2.24) is 4.90 Å². The van der Waals surface area contributed by atoms with Crippen molar-refractivity contribution in [2.24, 2.45) is 5.92 Å². The van der Waals surface area contributed by atoms with Crippen LogP contribution in [0, 0.1) is 5.92 Å². The number of nitrogens with one attached hydrogen (secondary N) is 1. The van der Waals surface area contributed by atoms with E-state index in [2.05, 4.69) is 35.8 Å². The summed E-state index contributed by atoms with van der Waals surface area (Å²) in [4.78, 5) is 2.34. The van der Waals surface area contributed by atoms with E-state index in [0.29, 0.717) is 18.0 Å². The summed E-state index contributed by atoms with van der Waals surface area (Å²) in [5.74, 6) is 0.504. The molecule has 21 heavy (non-hydrogen) atoms. The third-order valence-electron chi connectivity index (χ3n) is 4.11. The van der Waals surface area contributed by atoms with Crippen LogP contribution in [0.1, 0.15) is 20.3 Å². The predicted molar refractivity (Wildman–Crippen MR) is 81.4 cm³/mol. The van der Waals surface area contributed by atoms with E-state index >= 15 is 0 Å². The van der Waals surface area contributed by atoms with Gasteiger partial charge in [0.1, 0.15) is 5.75 Å². The van der Waals surface area contributed by atoms with E-state index in [9.17, 15) is 8.78 Å². The van der Waals surface area contributed by atoms with Gasteiger partial charge < -0.3 is 15.0 Å². The first kappa shape index (κ1) is 16.3. The Hall–Kier alpha value is -1.07. The van der Waals surface area contributed by atoms with Crippen molar-refractivity contribution in [3.8, 4) is 5.75 Å². The Labute approximate surface area is 129 Å². The van der Waals surface area contributed by atoms with Crippen LogP contribution in [0.4, 0.5) is 14.5 Å². The third kappa shape index (κ3) is 4.20. The number of piperidine rings is 1. The van der Waals surface area contributed by atoms with Crippen LogP contribution in [0.25, 0.3) is 0 Å². The number of alkyl halides is 2. The Morgan fingerprint density at radius 2 is 2.10 bits per heavy atom. The second kappa shape index (κ2) is 6.79. The average molecular weight is 319 g/mol. The molecule has 2 rings (SSSR count). The quantitative estimate of drug-likeness (QED) is 0.905. The van der Waals surface area contributed by atoms with Crippen molar-refractivity contribution in [1.29, 1.82) is 0 Å². The third-order valence-corrected chi connectivity index (χ3v) is 4.41. The summed E-state index contributed by atoms with van der Waals surface area (Å²) in [7, 11) is 2.13. The summed E-state index contributed by atoms with van der Waals surface area (Å²) < 4.78 is 28.7. The van der Waals surface area contributed by atoms with Gasteiger partial charge in [-0.05, 0) is 44.5 Å². The van der Waals surface area contributed by atoms with E-state index in [0.717, 1.165) is 18.7 Å². The summed E-state index contributed by atoms with van der Waals surface area (Å²) >= 11 is 5.97. The highest BCUT2D eigenvalue weighted by Gasteiger charge is 2.28. The van der Waals surface area contributed by atoms with Crippen molar-refractivity contribution in [2.45, 2.75) is 39.0 Å². The standard InChI is InChI=1S/C15H21ClF2N2O/c1-9-8-20(3)10(2)6-13(9)19-11-4-5-14(12(16)7-11)21-15(17)18/h4-5,7,9-10,13,15,19H,6,8H2,1-3H3. The van der Waals surface area contributed by atoms with Crippen molar-refractivity contribution >= 4 is 17.3 Å². The lowest BCUT2D eigenvalue weighted by Crippen LogP contribution is -2.48. The molecule has 3 atom stereocenters. The Bertz CT molecular complexity index is 487. The molecular weight excluding hydrogens is 298 g/mol. The molecule has 0 aromatic heterocycles. The lowest BCUT2D eigenvalue weighted by molar-refractivity contribution is -0.0497. The minimum absolute atomic E-state index is 0.00186. The summed E-state index contributed by atoms with van der Waals surface area (Å²) in [6.45, 7) is 2.57. The van der Waals surface area contributed by atoms with Crippen LogP contribution >= 0.6 is 11.6 Å². The van der Waals surface area contributed by atoms with Crippen LogP contribution in [0.15, 0.2) is 18.2 Å². The second-order valence-electron chi connectivity index (χ2n) is 5.78. The number of benzene rings is 1. The number of likely N-dealkylation sites (tertiary alicyclic amines) is 1. The minimum Gasteiger partial charge on any atom is -0.433 e. The van der Waals surface area contributed by atoms with Gasteiger partial charge in [-0.1, -0.05) is 18.5 Å². The van der Waals surface area contributed by atoms with Crippen LogP contribution in [0.2, 0.25) is 5.02 Å². The Morgan fingerprint density at radius 3 is 2.71 bits per heavy atom. The van der Waals surface area contributed by atoms with Gasteiger partial charge in [-0.25, -0.2) is 0 Å². The van der Waals surface area contributed by atoms with Crippen molar-refractivity contribution in [3.63, 3.8) is 0 Å². The monoisotopic (exact) mass is 318 g/mol. The van der Waals surface area contributed by atoms with Crippen LogP contribution < -0.4 is 10.1 Å². The topological polar surface area (TPSA) is 24.5 Å². The molecule has 0 spiro atoms. The molecule has 0 bridgehead atoms. The number of hydrogen-bond acceptors (Lipinski definition) is 3. The zero-order valence-corrected chi connectivity index (χ0v) is 13.2. The molecule has 1 fully saturated rings. The van der Waals surface area contributed by atoms with Crippen LogP contribution in [-0.4, -0.2) is 37.2 Å². The molecule has 0 radical (unpaired) electrons. The first-order valence-corrected chi connectivity index (χ1v) is 7.45. The van der Waals surface area contributed by atoms with Crippen LogP contribution in [0.3, 0.4) is 0 Å². The molecule has 0 amide bonds. The highest BCUT2D eigenvalue weighted by atomic mass is 35.5. The molecule has 1 N–H and O–H groups in total. The largest absolute Gasteiger partial charge is 0.433 e. The van der Waals surface area contributed by atoms with Crippen LogP contribution in [0.5, 0.6) is 5.75 Å². The highest BCUT2D eigenvalue weighted by Crippen LogP contribution is 2.31. The summed E-state index contributed by atoms with van der Waals surface area (Å²) in [6.07, 6.45) is 1.03. The predicted octanol–water partition coefficient (Wildman–Crippen LogP) is 4.08. The molecule has 6 heteroatoms. The van der Waals surface area contributed by atoms with E-state index in [1.165, 1.54) is 6.07 Å². The fourth-order valence-corrected chi connectivity index (χ4v) is 2.96. The van der Waals surface area contributed by atoms with E-state index in [-0.39, 0.29) is 10.8 Å². The molecule has 3 unspecified atom stereocenters. The first-order chi connectivity index (χ1) is 9.86. The number of halogens is 3. The first-order valence-electron chi connectivity index (χ1n) is 7.08. The van der Waals surface area contributed by atoms with Gasteiger partial charge in [0, 0.05) is 24.3 Å². The van der Waals surface area contributed by atoms with Gasteiger partial charge in [-0.3, -0.25) is 0 Å². The molecule has 1 aromatic carbocycles. The summed E-state index contributed by atoms with van der Waals surface area (Å²) in [6, 6.07) is 5.68. The molecule has 1 saturated heterocycles. The Balaban J connectivity index is 2.04. The fraction of sp³-hybridized carbons (Fsp3) is 0.600. The lowest BCUT2D eigenvalue weighted by atomic mass is 9.89. The number of nitrogens with zero attached hydrogens (tertiary/aromatic N) is 1. The maximum atomic E-state index is 12.2. The maximum Gasteiger partial charge on any atom is 0.387 e. The van der Waals surface area contributed by atoms with Gasteiger partial charge >= 0.3 is 6.61 Å². The zero-order valence-electron chi connectivity index (χ0n) is 12.4. The number of anilines is 1. The molecule has 1 aliphatic heterocycles. The van der Waals surface area contributed by atoms with Gasteiger partial charge in [0.05, 0.1) is 5.02 Å². The smallest absolute Gasteiger partial charge is 0.387 e. The molecule has 1 aromatic rings. The molecule has 1 aliphatic rings. The van der Waals surface area contributed by atoms with Crippen molar-refractivity contribution in [3.05, 3.63) is 23.2 Å². The number of hydrogen-bond donors (Lipinski definition) is 1. The van der Waals surface area contributed by atoms with Gasteiger partial charge in [0.2, 0.25) is 0 Å². The van der Waals surface area contributed by atoms with E-state index in [1.54, 1.807) is 12.1 Å². The van der Waals surface area contributed by atoms with Crippen LogP contribution in [-0.2, 0) is 0 Å². The Kier molecular flexibility index (Phi) is 5.27. The van der Waals surface area contributed by atoms with Gasteiger partial charge in [0.15, 0.2) is 0 Å². The molecule has 0 saturated carbocycles. The van der Waals surface area contributed by atoms with E-state index in [4.69, 9.17) is 11.6 Å². The van der Waals surface area contributed by atoms with Crippen molar-refractivity contribution < 1.29 is 13.5 Å². The van der Waals surface area contributed by atoms with Gasteiger partial charge in [-0.15, -0.1) is 0 Å². The molecule has 118 valence electrons. The summed E-state index contributed by atoms with van der Waals surface area (Å²) in [5, 5.41) is 3.64. The van der Waals surface area contributed by atoms with E-state index in [1.807, 2.05) is 0 Å². The summed E-state index contributed by atoms with van der Waals surface area (Å²) in [5.41, 5.74) is 0.829. The highest BCUT2D eigenvalue weighted by molar-refractivity contribution is 6.32. The lowest BCUT2D eigenvalue weighted by Gasteiger charge is -2.40. The molecule has 0 aliphatic carbocycles. The number of ether oxygens (including phenoxy) is 1. The van der Waals surface area contributed by atoms with E-state index < -0.39 is 6.61 Å². The van der Waals surface area contributed by atoms with Gasteiger partial charge in [-0.2, -0.15) is 8.78 Å². The Morgan fingerprint density at radius 1 is 1.38 bits per heavy atom. The fourth-order valence-electron chi connectivity index (χ4n) is 2.74. The number of rotatable bonds is 4.